The average Bonchev–Trinajstić information content (AvgIpc) is 2.46. The Hall–Kier alpha value is -2.57. The average molecular weight is 321 g/mol. The van der Waals surface area contributed by atoms with E-state index in [0.717, 1.165) is 10.6 Å². The minimum Gasteiger partial charge on any atom is -0.481 e. The normalized spacial score (nSPS) is 10.3. The topological polar surface area (TPSA) is 98.7 Å². The van der Waals surface area contributed by atoms with Crippen molar-refractivity contribution in [3.8, 4) is 0 Å². The molecule has 3 amide bonds. The van der Waals surface area contributed by atoms with Gasteiger partial charge in [-0.15, -0.1) is 0 Å². The molecular weight excluding hydrogens is 298 g/mol. The van der Waals surface area contributed by atoms with Gasteiger partial charge in [-0.25, -0.2) is 10.2 Å². The zero-order valence-corrected chi connectivity index (χ0v) is 13.6. The lowest BCUT2D eigenvalue weighted by atomic mass is 10.2. The molecule has 0 spiro atoms. The van der Waals surface area contributed by atoms with Gasteiger partial charge in [0.25, 0.3) is 0 Å². The number of carboxylic acid groups (broad SMARTS) is 1. The Morgan fingerprint density at radius 3 is 2.26 bits per heavy atom. The summed E-state index contributed by atoms with van der Waals surface area (Å²) in [4.78, 5) is 34.6. The number of aliphatic carboxylic acids is 1. The predicted molar refractivity (Wildman–Crippen MR) is 86.8 cm³/mol. The zero-order chi connectivity index (χ0) is 17.4. The van der Waals surface area contributed by atoms with Crippen molar-refractivity contribution in [1.29, 1.82) is 0 Å². The van der Waals surface area contributed by atoms with Crippen LogP contribution in [0.25, 0.3) is 0 Å². The molecule has 1 aromatic rings. The summed E-state index contributed by atoms with van der Waals surface area (Å²) in [5.74, 6) is -1.35. The summed E-state index contributed by atoms with van der Waals surface area (Å²) >= 11 is 0. The SMILES string of the molecule is Cc1ccc(NC(=O)NN(CC(C)C)C(=O)CCC(=O)O)cc1. The molecule has 0 aromatic heterocycles. The first-order valence-corrected chi connectivity index (χ1v) is 7.44. The van der Waals surface area contributed by atoms with Crippen molar-refractivity contribution >= 4 is 23.6 Å². The second-order valence-corrected chi connectivity index (χ2v) is 5.72. The number of carboxylic acids is 1. The van der Waals surface area contributed by atoms with Crippen LogP contribution in [-0.4, -0.2) is 34.6 Å². The minimum absolute atomic E-state index is 0.128. The van der Waals surface area contributed by atoms with Crippen LogP contribution in [-0.2, 0) is 9.59 Å². The van der Waals surface area contributed by atoms with Gasteiger partial charge in [0.05, 0.1) is 6.42 Å². The first kappa shape index (κ1) is 18.5. The van der Waals surface area contributed by atoms with Crippen LogP contribution < -0.4 is 10.7 Å². The molecule has 1 rings (SSSR count). The molecule has 0 radical (unpaired) electrons. The lowest BCUT2D eigenvalue weighted by Crippen LogP contribution is -2.49. The van der Waals surface area contributed by atoms with Crippen molar-refractivity contribution in [2.45, 2.75) is 33.6 Å². The Kier molecular flexibility index (Phi) is 7.05. The van der Waals surface area contributed by atoms with Gasteiger partial charge in [-0.05, 0) is 25.0 Å². The maximum atomic E-state index is 12.0. The second-order valence-electron chi connectivity index (χ2n) is 5.72. The van der Waals surface area contributed by atoms with Crippen LogP contribution in [0.2, 0.25) is 0 Å². The highest BCUT2D eigenvalue weighted by Gasteiger charge is 2.18. The molecule has 0 bridgehead atoms. The van der Waals surface area contributed by atoms with E-state index in [9.17, 15) is 14.4 Å². The number of rotatable bonds is 6. The van der Waals surface area contributed by atoms with Gasteiger partial charge in [0.15, 0.2) is 0 Å². The summed E-state index contributed by atoms with van der Waals surface area (Å²) in [7, 11) is 0. The molecule has 0 saturated carbocycles. The van der Waals surface area contributed by atoms with E-state index in [4.69, 9.17) is 5.11 Å². The number of benzene rings is 1. The van der Waals surface area contributed by atoms with Crippen LogP contribution in [0.1, 0.15) is 32.3 Å². The highest BCUT2D eigenvalue weighted by molar-refractivity contribution is 5.91. The summed E-state index contributed by atoms with van der Waals surface area (Å²) in [6.45, 7) is 6.04. The number of hydrogen-bond acceptors (Lipinski definition) is 3. The van der Waals surface area contributed by atoms with Crippen LogP contribution in [0.4, 0.5) is 10.5 Å². The summed E-state index contributed by atoms with van der Waals surface area (Å²) in [6, 6.07) is 6.69. The first-order valence-electron chi connectivity index (χ1n) is 7.44. The van der Waals surface area contributed by atoms with E-state index in [1.807, 2.05) is 32.9 Å². The molecule has 0 fully saturated rings. The molecule has 126 valence electrons. The van der Waals surface area contributed by atoms with Crippen molar-refractivity contribution in [2.75, 3.05) is 11.9 Å². The standard InChI is InChI=1S/C16H23N3O4/c1-11(2)10-19(14(20)8-9-15(21)22)18-16(23)17-13-6-4-12(3)5-7-13/h4-7,11H,8-10H2,1-3H3,(H,21,22)(H2,17,18,23). The smallest absolute Gasteiger partial charge is 0.338 e. The number of carbonyl (C=O) groups is 3. The molecule has 1 aromatic carbocycles. The number of nitrogens with zero attached hydrogens (tertiary/aromatic N) is 1. The number of urea groups is 1. The largest absolute Gasteiger partial charge is 0.481 e. The van der Waals surface area contributed by atoms with Gasteiger partial charge in [0.2, 0.25) is 5.91 Å². The summed E-state index contributed by atoms with van der Waals surface area (Å²) in [6.07, 6.45) is -0.429. The van der Waals surface area contributed by atoms with Crippen LogP contribution in [0.3, 0.4) is 0 Å². The highest BCUT2D eigenvalue weighted by Crippen LogP contribution is 2.08. The third-order valence-corrected chi connectivity index (χ3v) is 2.95. The molecule has 7 heteroatoms. The van der Waals surface area contributed by atoms with E-state index < -0.39 is 17.9 Å². The predicted octanol–water partition coefficient (Wildman–Crippen LogP) is 2.38. The summed E-state index contributed by atoms with van der Waals surface area (Å²) in [5.41, 5.74) is 4.15. The van der Waals surface area contributed by atoms with Gasteiger partial charge in [0, 0.05) is 18.7 Å². The number of amides is 3. The van der Waals surface area contributed by atoms with Gasteiger partial charge in [-0.2, -0.15) is 0 Å². The molecule has 0 saturated heterocycles. The fourth-order valence-corrected chi connectivity index (χ4v) is 1.84. The van der Waals surface area contributed by atoms with Crippen LogP contribution in [0.5, 0.6) is 0 Å². The summed E-state index contributed by atoms with van der Waals surface area (Å²) in [5, 5.41) is 12.5. The lowest BCUT2D eigenvalue weighted by molar-refractivity contribution is -0.141. The number of hydrogen-bond donors (Lipinski definition) is 3. The Labute approximate surface area is 135 Å². The van der Waals surface area contributed by atoms with Gasteiger partial charge in [-0.1, -0.05) is 31.5 Å². The van der Waals surface area contributed by atoms with E-state index in [0.29, 0.717) is 12.2 Å². The fraction of sp³-hybridized carbons (Fsp3) is 0.438. The third-order valence-electron chi connectivity index (χ3n) is 2.95. The highest BCUT2D eigenvalue weighted by atomic mass is 16.4. The van der Waals surface area contributed by atoms with Gasteiger partial charge < -0.3 is 10.4 Å². The van der Waals surface area contributed by atoms with Crippen molar-refractivity contribution < 1.29 is 19.5 Å². The van der Waals surface area contributed by atoms with Crippen molar-refractivity contribution in [3.63, 3.8) is 0 Å². The Balaban J connectivity index is 2.64. The van der Waals surface area contributed by atoms with Crippen LogP contribution in [0.15, 0.2) is 24.3 Å². The second kappa shape index (κ2) is 8.77. The molecule has 0 aliphatic rings. The Morgan fingerprint density at radius 1 is 1.13 bits per heavy atom. The fourth-order valence-electron chi connectivity index (χ4n) is 1.84. The van der Waals surface area contributed by atoms with Crippen molar-refractivity contribution in [3.05, 3.63) is 29.8 Å². The van der Waals surface area contributed by atoms with Gasteiger partial charge >= 0.3 is 12.0 Å². The number of carbonyl (C=O) groups excluding carboxylic acids is 2. The monoisotopic (exact) mass is 321 g/mol. The van der Waals surface area contributed by atoms with E-state index in [2.05, 4.69) is 10.7 Å². The quantitative estimate of drug-likeness (QED) is 0.701. The van der Waals surface area contributed by atoms with Crippen molar-refractivity contribution in [1.82, 2.24) is 10.4 Å². The van der Waals surface area contributed by atoms with Crippen LogP contribution >= 0.6 is 0 Å². The van der Waals surface area contributed by atoms with Gasteiger partial charge in [0.1, 0.15) is 0 Å². The van der Waals surface area contributed by atoms with E-state index in [-0.39, 0.29) is 18.8 Å². The molecular formula is C16H23N3O4. The molecule has 3 N–H and O–H groups in total. The Bertz CT molecular complexity index is 555. The van der Waals surface area contributed by atoms with E-state index in [1.54, 1.807) is 12.1 Å². The van der Waals surface area contributed by atoms with Crippen LogP contribution in [0, 0.1) is 12.8 Å². The first-order chi connectivity index (χ1) is 10.8. The number of aryl methyl sites for hydroxylation is 1. The number of anilines is 1. The maximum Gasteiger partial charge on any atom is 0.338 e. The molecule has 0 atom stereocenters. The zero-order valence-electron chi connectivity index (χ0n) is 13.6. The molecule has 0 unspecified atom stereocenters. The molecule has 0 aliphatic carbocycles. The van der Waals surface area contributed by atoms with Gasteiger partial charge in [-0.3, -0.25) is 14.6 Å². The lowest BCUT2D eigenvalue weighted by Gasteiger charge is -2.25. The molecule has 7 nitrogen and oxygen atoms in total. The number of hydrazine groups is 1. The van der Waals surface area contributed by atoms with E-state index >= 15 is 0 Å². The molecule has 23 heavy (non-hydrogen) atoms. The maximum absolute atomic E-state index is 12.0. The Morgan fingerprint density at radius 2 is 1.74 bits per heavy atom. The van der Waals surface area contributed by atoms with Crippen molar-refractivity contribution in [2.24, 2.45) is 5.92 Å². The molecule has 0 aliphatic heterocycles. The van der Waals surface area contributed by atoms with E-state index in [1.165, 1.54) is 0 Å². The molecule has 0 heterocycles. The minimum atomic E-state index is -1.05. The third kappa shape index (κ3) is 7.30. The number of nitrogens with one attached hydrogen (secondary N) is 2. The summed E-state index contributed by atoms with van der Waals surface area (Å²) < 4.78 is 0.